The third kappa shape index (κ3) is 3.74. The van der Waals surface area contributed by atoms with Crippen LogP contribution in [0.25, 0.3) is 0 Å². The highest BCUT2D eigenvalue weighted by Gasteiger charge is 2.50. The Kier molecular flexibility index (Phi) is 5.18. The van der Waals surface area contributed by atoms with Gasteiger partial charge >= 0.3 is 5.97 Å². The SMILES string of the molecule is CN1C(=O)[C@H](CC(=O)OCc2ccccc2)NC2(CCCCC2)C1=O. The maximum atomic E-state index is 12.6. The fourth-order valence-electron chi connectivity index (χ4n) is 3.73. The molecule has 0 unspecified atom stereocenters. The second kappa shape index (κ2) is 7.35. The summed E-state index contributed by atoms with van der Waals surface area (Å²) in [7, 11) is 1.50. The Morgan fingerprint density at radius 1 is 1.20 bits per heavy atom. The number of ether oxygens (including phenoxy) is 1. The van der Waals surface area contributed by atoms with Crippen molar-refractivity contribution in [1.29, 1.82) is 0 Å². The van der Waals surface area contributed by atoms with Crippen LogP contribution >= 0.6 is 0 Å². The fourth-order valence-corrected chi connectivity index (χ4v) is 3.73. The highest BCUT2D eigenvalue weighted by molar-refractivity contribution is 6.05. The maximum absolute atomic E-state index is 12.6. The Labute approximate surface area is 147 Å². The number of nitrogens with zero attached hydrogens (tertiary/aromatic N) is 1. The van der Waals surface area contributed by atoms with Crippen LogP contribution in [0.5, 0.6) is 0 Å². The molecule has 1 saturated carbocycles. The topological polar surface area (TPSA) is 75.7 Å². The van der Waals surface area contributed by atoms with Gasteiger partial charge in [-0.3, -0.25) is 24.6 Å². The molecule has 2 aliphatic rings. The molecule has 134 valence electrons. The Balaban J connectivity index is 1.63. The van der Waals surface area contributed by atoms with Crippen LogP contribution in [-0.2, 0) is 25.7 Å². The predicted molar refractivity (Wildman–Crippen MR) is 91.4 cm³/mol. The number of benzene rings is 1. The minimum atomic E-state index is -0.705. The lowest BCUT2D eigenvalue weighted by Crippen LogP contribution is -2.70. The fraction of sp³-hybridized carbons (Fsp3) is 0.526. The largest absolute Gasteiger partial charge is 0.461 e. The van der Waals surface area contributed by atoms with Gasteiger partial charge in [-0.25, -0.2) is 0 Å². The smallest absolute Gasteiger partial charge is 0.308 e. The van der Waals surface area contributed by atoms with E-state index in [-0.39, 0.29) is 24.8 Å². The van der Waals surface area contributed by atoms with E-state index in [1.165, 1.54) is 11.9 Å². The number of likely N-dealkylation sites (N-methyl/N-ethyl adjacent to an activating group) is 1. The summed E-state index contributed by atoms with van der Waals surface area (Å²) in [4.78, 5) is 38.3. The molecule has 6 nitrogen and oxygen atoms in total. The number of rotatable bonds is 4. The van der Waals surface area contributed by atoms with Gasteiger partial charge in [0, 0.05) is 7.05 Å². The van der Waals surface area contributed by atoms with Gasteiger partial charge in [0.15, 0.2) is 0 Å². The number of hydrogen-bond donors (Lipinski definition) is 1. The molecule has 6 heteroatoms. The molecular formula is C19H24N2O4. The van der Waals surface area contributed by atoms with Gasteiger partial charge in [-0.05, 0) is 18.4 Å². The maximum Gasteiger partial charge on any atom is 0.308 e. The van der Waals surface area contributed by atoms with E-state index in [2.05, 4.69) is 5.32 Å². The van der Waals surface area contributed by atoms with E-state index in [9.17, 15) is 14.4 Å². The minimum Gasteiger partial charge on any atom is -0.461 e. The van der Waals surface area contributed by atoms with Gasteiger partial charge in [-0.15, -0.1) is 0 Å². The van der Waals surface area contributed by atoms with E-state index in [1.807, 2.05) is 30.3 Å². The number of amides is 2. The van der Waals surface area contributed by atoms with Crippen LogP contribution in [0.3, 0.4) is 0 Å². The van der Waals surface area contributed by atoms with Crippen molar-refractivity contribution in [3.05, 3.63) is 35.9 Å². The van der Waals surface area contributed by atoms with E-state index >= 15 is 0 Å². The molecule has 2 fully saturated rings. The van der Waals surface area contributed by atoms with Crippen LogP contribution in [0.2, 0.25) is 0 Å². The van der Waals surface area contributed by atoms with Crippen LogP contribution < -0.4 is 5.32 Å². The van der Waals surface area contributed by atoms with Gasteiger partial charge in [0.25, 0.3) is 0 Å². The van der Waals surface area contributed by atoms with E-state index in [0.717, 1.165) is 24.8 Å². The number of esters is 1. The van der Waals surface area contributed by atoms with Crippen LogP contribution in [0.1, 0.15) is 44.1 Å². The van der Waals surface area contributed by atoms with Crippen molar-refractivity contribution in [2.75, 3.05) is 7.05 Å². The number of imide groups is 1. The second-order valence-corrected chi connectivity index (χ2v) is 6.89. The Morgan fingerprint density at radius 3 is 2.56 bits per heavy atom. The third-order valence-electron chi connectivity index (χ3n) is 5.11. The molecule has 25 heavy (non-hydrogen) atoms. The minimum absolute atomic E-state index is 0.0644. The van der Waals surface area contributed by atoms with E-state index < -0.39 is 17.6 Å². The molecule has 3 rings (SSSR count). The van der Waals surface area contributed by atoms with Crippen LogP contribution in [0, 0.1) is 0 Å². The number of carbonyl (C=O) groups is 3. The lowest BCUT2D eigenvalue weighted by molar-refractivity contribution is -0.160. The molecule has 0 aromatic heterocycles. The monoisotopic (exact) mass is 344 g/mol. The zero-order valence-corrected chi connectivity index (χ0v) is 14.5. The molecule has 1 atom stereocenters. The summed E-state index contributed by atoms with van der Waals surface area (Å²) in [5, 5.41) is 3.19. The van der Waals surface area contributed by atoms with E-state index in [4.69, 9.17) is 4.74 Å². The number of hydrogen-bond acceptors (Lipinski definition) is 5. The number of carbonyl (C=O) groups excluding carboxylic acids is 3. The van der Waals surface area contributed by atoms with Crippen LogP contribution in [0.4, 0.5) is 0 Å². The molecule has 1 aliphatic carbocycles. The quantitative estimate of drug-likeness (QED) is 0.666. The lowest BCUT2D eigenvalue weighted by atomic mass is 9.78. The first kappa shape index (κ1) is 17.6. The zero-order chi connectivity index (χ0) is 17.9. The summed E-state index contributed by atoms with van der Waals surface area (Å²) in [6.45, 7) is 0.181. The van der Waals surface area contributed by atoms with Crippen molar-refractivity contribution in [1.82, 2.24) is 10.2 Å². The van der Waals surface area contributed by atoms with Crippen molar-refractivity contribution in [3.63, 3.8) is 0 Å². The molecule has 1 N–H and O–H groups in total. The molecule has 1 aliphatic heterocycles. The van der Waals surface area contributed by atoms with Crippen LogP contribution in [-0.4, -0.2) is 41.3 Å². The molecule has 1 aromatic carbocycles. The molecule has 1 aromatic rings. The van der Waals surface area contributed by atoms with Crippen molar-refractivity contribution in [2.24, 2.45) is 0 Å². The number of nitrogens with one attached hydrogen (secondary N) is 1. The van der Waals surface area contributed by atoms with Gasteiger partial charge in [-0.1, -0.05) is 49.6 Å². The van der Waals surface area contributed by atoms with Gasteiger partial charge in [-0.2, -0.15) is 0 Å². The molecular weight excluding hydrogens is 320 g/mol. The summed E-state index contributed by atoms with van der Waals surface area (Å²) < 4.78 is 5.28. The molecule has 2 amide bonds. The Morgan fingerprint density at radius 2 is 1.88 bits per heavy atom. The summed E-state index contributed by atoms with van der Waals surface area (Å²) in [5.74, 6) is -0.979. The zero-order valence-electron chi connectivity index (χ0n) is 14.5. The average molecular weight is 344 g/mol. The average Bonchev–Trinajstić information content (AvgIpc) is 2.64. The summed E-state index contributed by atoms with van der Waals surface area (Å²) in [6, 6.07) is 8.70. The molecule has 1 heterocycles. The normalized spacial score (nSPS) is 22.9. The molecule has 0 bridgehead atoms. The van der Waals surface area contributed by atoms with Crippen molar-refractivity contribution in [2.45, 2.75) is 56.7 Å². The molecule has 0 radical (unpaired) electrons. The highest BCUT2D eigenvalue weighted by atomic mass is 16.5. The summed E-state index contributed by atoms with van der Waals surface area (Å²) in [5.41, 5.74) is 0.195. The first-order valence-electron chi connectivity index (χ1n) is 8.81. The molecule has 1 spiro atoms. The van der Waals surface area contributed by atoms with Gasteiger partial charge in [0.05, 0.1) is 18.0 Å². The highest BCUT2D eigenvalue weighted by Crippen LogP contribution is 2.33. The Hall–Kier alpha value is -2.21. The predicted octanol–water partition coefficient (Wildman–Crippen LogP) is 1.78. The number of piperazine rings is 1. The van der Waals surface area contributed by atoms with Gasteiger partial charge in [0.1, 0.15) is 6.61 Å². The van der Waals surface area contributed by atoms with Gasteiger partial charge in [0.2, 0.25) is 11.8 Å². The lowest BCUT2D eigenvalue weighted by Gasteiger charge is -2.45. The summed E-state index contributed by atoms with van der Waals surface area (Å²) in [6.07, 6.45) is 4.35. The van der Waals surface area contributed by atoms with E-state index in [0.29, 0.717) is 12.8 Å². The van der Waals surface area contributed by atoms with Gasteiger partial charge < -0.3 is 4.74 Å². The third-order valence-corrected chi connectivity index (χ3v) is 5.11. The van der Waals surface area contributed by atoms with Crippen LogP contribution in [0.15, 0.2) is 30.3 Å². The van der Waals surface area contributed by atoms with Crippen molar-refractivity contribution in [3.8, 4) is 0 Å². The van der Waals surface area contributed by atoms with Crippen molar-refractivity contribution >= 4 is 17.8 Å². The first-order valence-corrected chi connectivity index (χ1v) is 8.81. The van der Waals surface area contributed by atoms with E-state index in [1.54, 1.807) is 0 Å². The standard InChI is InChI=1S/C19H24N2O4/c1-21-17(23)15(20-19(18(21)24)10-6-3-7-11-19)12-16(22)25-13-14-8-4-2-5-9-14/h2,4-5,8-9,15,20H,3,6-7,10-13H2,1H3/t15-/m0/s1. The first-order chi connectivity index (χ1) is 12.0. The Bertz CT molecular complexity index is 653. The second-order valence-electron chi connectivity index (χ2n) is 6.89. The molecule has 1 saturated heterocycles. The van der Waals surface area contributed by atoms with Crippen molar-refractivity contribution < 1.29 is 19.1 Å². The summed E-state index contributed by atoms with van der Waals surface area (Å²) >= 11 is 0.